The molecule has 0 saturated carbocycles. The van der Waals surface area contributed by atoms with Gasteiger partial charge in [0.25, 0.3) is 0 Å². The molecule has 4 heteroatoms. The van der Waals surface area contributed by atoms with E-state index in [-0.39, 0.29) is 11.3 Å². The molecule has 2 aromatic rings. The summed E-state index contributed by atoms with van der Waals surface area (Å²) in [5, 5.41) is 0.198. The Bertz CT molecular complexity index is 591. The van der Waals surface area contributed by atoms with Gasteiger partial charge in [0.2, 0.25) is 0 Å². The Balaban J connectivity index is 2.32. The van der Waals surface area contributed by atoms with Gasteiger partial charge in [-0.1, -0.05) is 31.2 Å². The average molecular weight is 366 g/mol. The third kappa shape index (κ3) is 4.25. The van der Waals surface area contributed by atoms with Crippen LogP contribution in [0, 0.1) is 0 Å². The highest BCUT2D eigenvalue weighted by Crippen LogP contribution is 2.41. The van der Waals surface area contributed by atoms with Crippen LogP contribution in [0.15, 0.2) is 57.9 Å². The first-order chi connectivity index (χ1) is 10.2. The fourth-order valence-electron chi connectivity index (χ4n) is 2.11. The molecular weight excluding hydrogens is 346 g/mol. The van der Waals surface area contributed by atoms with Crippen molar-refractivity contribution in [3.8, 4) is 5.75 Å². The zero-order valence-corrected chi connectivity index (χ0v) is 14.7. The zero-order valence-electron chi connectivity index (χ0n) is 12.3. The molecule has 2 N–H and O–H groups in total. The summed E-state index contributed by atoms with van der Waals surface area (Å²) in [6.45, 7) is 2.12. The van der Waals surface area contributed by atoms with E-state index in [0.29, 0.717) is 0 Å². The second kappa shape index (κ2) is 7.87. The van der Waals surface area contributed by atoms with E-state index < -0.39 is 0 Å². The number of hydrogen-bond donors (Lipinski definition) is 1. The maximum absolute atomic E-state index is 6.36. The second-order valence-corrected chi connectivity index (χ2v) is 6.86. The van der Waals surface area contributed by atoms with Crippen LogP contribution in [0.1, 0.15) is 24.2 Å². The molecule has 0 radical (unpaired) electrons. The van der Waals surface area contributed by atoms with Crippen molar-refractivity contribution < 1.29 is 4.74 Å². The van der Waals surface area contributed by atoms with Crippen molar-refractivity contribution >= 4 is 27.7 Å². The van der Waals surface area contributed by atoms with Gasteiger partial charge in [-0.25, -0.2) is 0 Å². The van der Waals surface area contributed by atoms with Gasteiger partial charge < -0.3 is 10.5 Å². The van der Waals surface area contributed by atoms with Crippen LogP contribution in [0.2, 0.25) is 0 Å². The molecule has 2 atom stereocenters. The van der Waals surface area contributed by atoms with E-state index >= 15 is 0 Å². The highest BCUT2D eigenvalue weighted by Gasteiger charge is 2.21. The number of benzene rings is 2. The number of rotatable bonds is 6. The van der Waals surface area contributed by atoms with Crippen molar-refractivity contribution in [3.63, 3.8) is 0 Å². The lowest BCUT2D eigenvalue weighted by Crippen LogP contribution is -2.25. The first kappa shape index (κ1) is 16.4. The molecule has 2 unspecified atom stereocenters. The van der Waals surface area contributed by atoms with E-state index in [1.54, 1.807) is 18.9 Å². The third-order valence-corrected chi connectivity index (χ3v) is 5.81. The van der Waals surface area contributed by atoms with Crippen LogP contribution in [-0.2, 0) is 0 Å². The smallest absolute Gasteiger partial charge is 0.119 e. The summed E-state index contributed by atoms with van der Waals surface area (Å²) in [6, 6.07) is 16.5. The maximum atomic E-state index is 6.36. The number of nitrogens with two attached hydrogens (primary N) is 1. The minimum absolute atomic E-state index is 0.0919. The molecule has 2 rings (SSSR count). The SMILES string of the molecule is CCC(N)C(Sc1ccccc1Br)c1cccc(OC)c1. The lowest BCUT2D eigenvalue weighted by molar-refractivity contribution is 0.414. The molecule has 2 aromatic carbocycles. The Morgan fingerprint density at radius 3 is 2.62 bits per heavy atom. The molecule has 0 bridgehead atoms. The predicted octanol–water partition coefficient (Wildman–Crippen LogP) is 5.03. The molecule has 21 heavy (non-hydrogen) atoms. The summed E-state index contributed by atoms with van der Waals surface area (Å²) < 4.78 is 6.44. The minimum atomic E-state index is 0.0919. The lowest BCUT2D eigenvalue weighted by Gasteiger charge is -2.24. The Kier molecular flexibility index (Phi) is 6.15. The van der Waals surface area contributed by atoms with E-state index in [2.05, 4.69) is 47.1 Å². The van der Waals surface area contributed by atoms with Crippen LogP contribution in [0.4, 0.5) is 0 Å². The maximum Gasteiger partial charge on any atom is 0.119 e. The monoisotopic (exact) mass is 365 g/mol. The van der Waals surface area contributed by atoms with Crippen LogP contribution in [0.25, 0.3) is 0 Å². The summed E-state index contributed by atoms with van der Waals surface area (Å²) in [7, 11) is 1.69. The number of methoxy groups -OCH3 is 1. The molecule has 0 saturated heterocycles. The quantitative estimate of drug-likeness (QED) is 0.729. The topological polar surface area (TPSA) is 35.2 Å². The van der Waals surface area contributed by atoms with Gasteiger partial charge in [-0.05, 0) is 52.2 Å². The molecule has 0 heterocycles. The summed E-state index contributed by atoms with van der Waals surface area (Å²) in [6.07, 6.45) is 0.930. The average Bonchev–Trinajstić information content (AvgIpc) is 2.53. The van der Waals surface area contributed by atoms with E-state index in [0.717, 1.165) is 16.6 Å². The Hall–Kier alpha value is -0.970. The van der Waals surface area contributed by atoms with Crippen molar-refractivity contribution in [2.75, 3.05) is 7.11 Å². The Morgan fingerprint density at radius 2 is 1.95 bits per heavy atom. The zero-order chi connectivity index (χ0) is 15.2. The van der Waals surface area contributed by atoms with Gasteiger partial charge in [0, 0.05) is 20.7 Å². The fourth-order valence-corrected chi connectivity index (χ4v) is 3.94. The lowest BCUT2D eigenvalue weighted by atomic mass is 10.0. The molecule has 0 amide bonds. The minimum Gasteiger partial charge on any atom is -0.497 e. The van der Waals surface area contributed by atoms with Crippen molar-refractivity contribution in [1.29, 1.82) is 0 Å². The van der Waals surface area contributed by atoms with Crippen molar-refractivity contribution in [1.82, 2.24) is 0 Å². The number of ether oxygens (including phenoxy) is 1. The van der Waals surface area contributed by atoms with Gasteiger partial charge in [0.05, 0.1) is 7.11 Å². The normalized spacial score (nSPS) is 13.7. The van der Waals surface area contributed by atoms with Crippen LogP contribution >= 0.6 is 27.7 Å². The summed E-state index contributed by atoms with van der Waals surface area (Å²) in [5.74, 6) is 0.869. The fraction of sp³-hybridized carbons (Fsp3) is 0.294. The van der Waals surface area contributed by atoms with Gasteiger partial charge in [-0.15, -0.1) is 11.8 Å². The first-order valence-corrected chi connectivity index (χ1v) is 8.63. The Labute approximate surface area is 139 Å². The van der Waals surface area contributed by atoms with E-state index in [1.165, 1.54) is 10.5 Å². The van der Waals surface area contributed by atoms with E-state index in [1.807, 2.05) is 24.3 Å². The van der Waals surface area contributed by atoms with Crippen molar-refractivity contribution in [3.05, 3.63) is 58.6 Å². The van der Waals surface area contributed by atoms with Gasteiger partial charge in [-0.3, -0.25) is 0 Å². The number of thioether (sulfide) groups is 1. The standard InChI is InChI=1S/C17H20BrNOS/c1-3-15(19)17(12-7-6-8-13(11-12)20-2)21-16-10-5-4-9-14(16)18/h4-11,15,17H,3,19H2,1-2H3. The summed E-state index contributed by atoms with van der Waals surface area (Å²) in [4.78, 5) is 1.20. The largest absolute Gasteiger partial charge is 0.497 e. The number of halogens is 1. The third-order valence-electron chi connectivity index (χ3n) is 3.37. The molecule has 0 aromatic heterocycles. The molecule has 112 valence electrons. The molecule has 0 fully saturated rings. The Morgan fingerprint density at radius 1 is 1.19 bits per heavy atom. The predicted molar refractivity (Wildman–Crippen MR) is 94.0 cm³/mol. The number of hydrogen-bond acceptors (Lipinski definition) is 3. The van der Waals surface area contributed by atoms with Crippen LogP contribution in [0.3, 0.4) is 0 Å². The van der Waals surface area contributed by atoms with Gasteiger partial charge >= 0.3 is 0 Å². The summed E-state index contributed by atoms with van der Waals surface area (Å²) in [5.41, 5.74) is 7.56. The van der Waals surface area contributed by atoms with Crippen molar-refractivity contribution in [2.45, 2.75) is 29.5 Å². The van der Waals surface area contributed by atoms with E-state index in [4.69, 9.17) is 10.5 Å². The highest BCUT2D eigenvalue weighted by atomic mass is 79.9. The molecule has 0 spiro atoms. The van der Waals surface area contributed by atoms with Gasteiger partial charge in [0.1, 0.15) is 5.75 Å². The van der Waals surface area contributed by atoms with Crippen LogP contribution in [0.5, 0.6) is 5.75 Å². The first-order valence-electron chi connectivity index (χ1n) is 6.96. The van der Waals surface area contributed by atoms with E-state index in [9.17, 15) is 0 Å². The highest BCUT2D eigenvalue weighted by molar-refractivity contribution is 9.10. The van der Waals surface area contributed by atoms with Crippen LogP contribution in [-0.4, -0.2) is 13.2 Å². The molecule has 0 aliphatic heterocycles. The molecule has 0 aliphatic carbocycles. The van der Waals surface area contributed by atoms with Gasteiger partial charge in [0.15, 0.2) is 0 Å². The van der Waals surface area contributed by atoms with Crippen molar-refractivity contribution in [2.24, 2.45) is 5.73 Å². The molecular formula is C17H20BrNOS. The molecule has 0 aliphatic rings. The summed E-state index contributed by atoms with van der Waals surface area (Å²) >= 11 is 5.40. The second-order valence-electron chi connectivity index (χ2n) is 4.82. The van der Waals surface area contributed by atoms with Crippen LogP contribution < -0.4 is 10.5 Å². The van der Waals surface area contributed by atoms with Gasteiger partial charge in [-0.2, -0.15) is 0 Å². The molecule has 2 nitrogen and oxygen atoms in total.